The van der Waals surface area contributed by atoms with Crippen LogP contribution in [0.4, 0.5) is 22.7 Å². The van der Waals surface area contributed by atoms with Gasteiger partial charge in [0.15, 0.2) is 0 Å². The van der Waals surface area contributed by atoms with Crippen molar-refractivity contribution in [3.8, 4) is 0 Å². The summed E-state index contributed by atoms with van der Waals surface area (Å²) in [5.41, 5.74) is 8.69. The van der Waals surface area contributed by atoms with Gasteiger partial charge < -0.3 is 10.6 Å². The van der Waals surface area contributed by atoms with E-state index in [9.17, 15) is 0 Å². The average molecular weight is 286 g/mol. The van der Waals surface area contributed by atoms with Crippen LogP contribution >= 0.6 is 0 Å². The number of nitrogens with one attached hydrogen (secondary N) is 4. The fourth-order valence-electron chi connectivity index (χ4n) is 3.00. The van der Waals surface area contributed by atoms with Crippen LogP contribution < -0.4 is 20.6 Å². The highest BCUT2D eigenvalue weighted by Gasteiger charge is 2.20. The third-order valence-corrected chi connectivity index (χ3v) is 4.09. The number of benzene rings is 3. The first-order valence-electron chi connectivity index (χ1n) is 7.31. The van der Waals surface area contributed by atoms with Gasteiger partial charge in [-0.05, 0) is 12.1 Å². The van der Waals surface area contributed by atoms with Crippen molar-refractivity contribution in [2.24, 2.45) is 0 Å². The maximum atomic E-state index is 3.48. The number of fused-ring (bicyclic) bond motifs is 4. The summed E-state index contributed by atoms with van der Waals surface area (Å²) in [4.78, 5) is 6.97. The normalized spacial score (nSPS) is 12.4. The Morgan fingerprint density at radius 3 is 1.45 bits per heavy atom. The van der Waals surface area contributed by atoms with Crippen molar-refractivity contribution in [3.05, 3.63) is 60.7 Å². The second-order valence-electron chi connectivity index (χ2n) is 5.53. The molecule has 1 aromatic heterocycles. The lowest BCUT2D eigenvalue weighted by atomic mass is 10.1. The Morgan fingerprint density at radius 1 is 0.500 bits per heavy atom. The van der Waals surface area contributed by atoms with Gasteiger partial charge in [0.05, 0.1) is 22.7 Å². The molecule has 4 aromatic rings. The molecule has 4 heteroatoms. The zero-order valence-corrected chi connectivity index (χ0v) is 11.8. The van der Waals surface area contributed by atoms with E-state index in [1.807, 2.05) is 24.3 Å². The van der Waals surface area contributed by atoms with Gasteiger partial charge in [-0.25, -0.2) is 0 Å². The van der Waals surface area contributed by atoms with E-state index in [0.29, 0.717) is 0 Å². The SMILES string of the molecule is c1ccc2c(c1)Nc1cc3[nH+]c4ccccc4[nH+]c3cc1N2. The van der Waals surface area contributed by atoms with Crippen LogP contribution in [0.25, 0.3) is 22.1 Å². The Hall–Kier alpha value is -3.14. The van der Waals surface area contributed by atoms with Gasteiger partial charge in [0, 0.05) is 24.3 Å². The molecule has 4 N–H and O–H groups in total. The van der Waals surface area contributed by atoms with Crippen molar-refractivity contribution in [3.63, 3.8) is 0 Å². The van der Waals surface area contributed by atoms with Crippen LogP contribution in [0.2, 0.25) is 0 Å². The molecule has 3 aromatic carbocycles. The molecule has 22 heavy (non-hydrogen) atoms. The van der Waals surface area contributed by atoms with E-state index in [2.05, 4.69) is 57.0 Å². The van der Waals surface area contributed by atoms with Crippen LogP contribution in [0.1, 0.15) is 0 Å². The molecule has 0 atom stereocenters. The molecule has 0 amide bonds. The Balaban J connectivity index is 1.75. The molecule has 0 radical (unpaired) electrons. The van der Waals surface area contributed by atoms with E-state index in [1.54, 1.807) is 0 Å². The van der Waals surface area contributed by atoms with Gasteiger partial charge in [0.2, 0.25) is 0 Å². The van der Waals surface area contributed by atoms with E-state index in [1.165, 1.54) is 0 Å². The van der Waals surface area contributed by atoms with Crippen LogP contribution in [-0.4, -0.2) is 0 Å². The van der Waals surface area contributed by atoms with E-state index in [-0.39, 0.29) is 0 Å². The molecule has 0 bridgehead atoms. The molecule has 2 heterocycles. The lowest BCUT2D eigenvalue weighted by molar-refractivity contribution is -0.361. The third-order valence-electron chi connectivity index (χ3n) is 4.09. The van der Waals surface area contributed by atoms with Crippen molar-refractivity contribution in [1.29, 1.82) is 0 Å². The minimum Gasteiger partial charge on any atom is -0.352 e. The van der Waals surface area contributed by atoms with Gasteiger partial charge in [-0.15, -0.1) is 0 Å². The summed E-state index contributed by atoms with van der Waals surface area (Å²) in [6.07, 6.45) is 0. The number of H-pyrrole nitrogens is 2. The number of aromatic amines is 2. The standard InChI is InChI=1S/C18H12N4/c1-2-6-12-11(5-1)19-15-9-17-18(10-16(15)20-12)22-14-8-4-3-7-13(14)21-17/h1-10,19-20H/p+2. The second kappa shape index (κ2) is 4.18. The number of rotatable bonds is 0. The number of hydrogen-bond acceptors (Lipinski definition) is 2. The molecular weight excluding hydrogens is 272 g/mol. The third kappa shape index (κ3) is 1.64. The van der Waals surface area contributed by atoms with Crippen LogP contribution in [0.5, 0.6) is 0 Å². The van der Waals surface area contributed by atoms with Crippen LogP contribution in [0, 0.1) is 0 Å². The Morgan fingerprint density at radius 2 is 0.955 bits per heavy atom. The number of hydrogen-bond donors (Lipinski definition) is 2. The molecule has 4 nitrogen and oxygen atoms in total. The van der Waals surface area contributed by atoms with E-state index in [4.69, 9.17) is 0 Å². The summed E-state index contributed by atoms with van der Waals surface area (Å²) in [6, 6.07) is 20.7. The maximum Gasteiger partial charge on any atom is 0.278 e. The first kappa shape index (κ1) is 11.5. The summed E-state index contributed by atoms with van der Waals surface area (Å²) < 4.78 is 0. The van der Waals surface area contributed by atoms with Crippen molar-refractivity contribution < 1.29 is 9.97 Å². The number of anilines is 4. The van der Waals surface area contributed by atoms with E-state index < -0.39 is 0 Å². The molecule has 0 unspecified atom stereocenters. The quantitative estimate of drug-likeness (QED) is 0.429. The molecule has 0 saturated heterocycles. The zero-order valence-electron chi connectivity index (χ0n) is 11.8. The minimum absolute atomic E-state index is 1.08. The smallest absolute Gasteiger partial charge is 0.278 e. The fourth-order valence-corrected chi connectivity index (χ4v) is 3.00. The molecule has 5 rings (SSSR count). The van der Waals surface area contributed by atoms with Gasteiger partial charge >= 0.3 is 0 Å². The van der Waals surface area contributed by atoms with Gasteiger partial charge in [0.25, 0.3) is 22.1 Å². The number of para-hydroxylation sites is 4. The largest absolute Gasteiger partial charge is 0.352 e. The van der Waals surface area contributed by atoms with Gasteiger partial charge in [-0.1, -0.05) is 24.3 Å². The highest BCUT2D eigenvalue weighted by atomic mass is 15.0. The van der Waals surface area contributed by atoms with Crippen LogP contribution in [0.3, 0.4) is 0 Å². The minimum atomic E-state index is 1.08. The lowest BCUT2D eigenvalue weighted by Crippen LogP contribution is -2.18. The average Bonchev–Trinajstić information content (AvgIpc) is 2.56. The maximum absolute atomic E-state index is 3.48. The molecule has 1 aliphatic rings. The summed E-state index contributed by atoms with van der Waals surface area (Å²) >= 11 is 0. The Bertz CT molecular complexity index is 957. The molecule has 0 saturated carbocycles. The van der Waals surface area contributed by atoms with E-state index >= 15 is 0 Å². The summed E-state index contributed by atoms with van der Waals surface area (Å²) in [5.74, 6) is 0. The van der Waals surface area contributed by atoms with Crippen molar-refractivity contribution in [2.75, 3.05) is 10.6 Å². The fraction of sp³-hybridized carbons (Fsp3) is 0. The summed E-state index contributed by atoms with van der Waals surface area (Å²) in [6.45, 7) is 0. The topological polar surface area (TPSA) is 52.3 Å². The van der Waals surface area contributed by atoms with E-state index in [0.717, 1.165) is 44.8 Å². The predicted molar refractivity (Wildman–Crippen MR) is 87.6 cm³/mol. The molecule has 0 spiro atoms. The molecule has 1 aliphatic heterocycles. The second-order valence-corrected chi connectivity index (χ2v) is 5.53. The van der Waals surface area contributed by atoms with Crippen LogP contribution in [0.15, 0.2) is 60.7 Å². The van der Waals surface area contributed by atoms with Gasteiger partial charge in [0.1, 0.15) is 0 Å². The Kier molecular flexibility index (Phi) is 2.19. The monoisotopic (exact) mass is 286 g/mol. The first-order chi connectivity index (χ1) is 10.9. The van der Waals surface area contributed by atoms with Gasteiger partial charge in [-0.3, -0.25) is 0 Å². The molecule has 104 valence electrons. The number of aromatic nitrogens is 2. The first-order valence-corrected chi connectivity index (χ1v) is 7.31. The molecular formula is C18H14N4+2. The highest BCUT2D eigenvalue weighted by molar-refractivity contribution is 5.95. The summed E-state index contributed by atoms with van der Waals surface area (Å²) in [7, 11) is 0. The Labute approximate surface area is 126 Å². The zero-order chi connectivity index (χ0) is 14.5. The van der Waals surface area contributed by atoms with Crippen molar-refractivity contribution in [2.45, 2.75) is 0 Å². The van der Waals surface area contributed by atoms with Crippen LogP contribution in [-0.2, 0) is 0 Å². The van der Waals surface area contributed by atoms with Gasteiger partial charge in [-0.2, -0.15) is 9.97 Å². The van der Waals surface area contributed by atoms with Crippen molar-refractivity contribution in [1.82, 2.24) is 0 Å². The molecule has 0 aliphatic carbocycles. The molecule has 0 fully saturated rings. The highest BCUT2D eigenvalue weighted by Crippen LogP contribution is 2.39. The predicted octanol–water partition coefficient (Wildman–Crippen LogP) is 3.42. The van der Waals surface area contributed by atoms with Crippen molar-refractivity contribution >= 4 is 44.8 Å². The summed E-state index contributed by atoms with van der Waals surface area (Å²) in [5, 5.41) is 6.97. The lowest BCUT2D eigenvalue weighted by Gasteiger charge is -2.21.